The predicted octanol–water partition coefficient (Wildman–Crippen LogP) is 1.89. The van der Waals surface area contributed by atoms with Crippen molar-refractivity contribution in [1.82, 2.24) is 4.90 Å². The summed E-state index contributed by atoms with van der Waals surface area (Å²) in [6.45, 7) is -0.00544. The second-order valence-corrected chi connectivity index (χ2v) is 6.66. The predicted molar refractivity (Wildman–Crippen MR) is 95.5 cm³/mol. The Labute approximate surface area is 140 Å². The van der Waals surface area contributed by atoms with Crippen molar-refractivity contribution in [3.63, 3.8) is 0 Å². The van der Waals surface area contributed by atoms with Crippen LogP contribution in [0.1, 0.15) is 6.42 Å². The van der Waals surface area contributed by atoms with Crippen molar-refractivity contribution in [3.8, 4) is 0 Å². The van der Waals surface area contributed by atoms with Crippen molar-refractivity contribution >= 4 is 41.0 Å². The summed E-state index contributed by atoms with van der Waals surface area (Å²) < 4.78 is 0. The Bertz CT molecular complexity index is 511. The Balaban J connectivity index is 2.55. The molecule has 0 saturated heterocycles. The molecule has 3 N–H and O–H groups in total. The molecule has 0 radical (unpaired) electrons. The van der Waals surface area contributed by atoms with Crippen molar-refractivity contribution in [2.75, 3.05) is 37.2 Å². The van der Waals surface area contributed by atoms with Gasteiger partial charge in [0.05, 0.1) is 18.3 Å². The molecule has 7 heteroatoms. The van der Waals surface area contributed by atoms with E-state index in [0.29, 0.717) is 6.42 Å². The highest BCUT2D eigenvalue weighted by atomic mass is 32.2. The average Bonchev–Trinajstić information content (AvgIpc) is 2.52. The molecular weight excluding hydrogens is 318 g/mol. The van der Waals surface area contributed by atoms with Crippen LogP contribution in [0.15, 0.2) is 29.2 Å². The van der Waals surface area contributed by atoms with Crippen LogP contribution in [0.5, 0.6) is 0 Å². The first-order valence-corrected chi connectivity index (χ1v) is 9.53. The first kappa shape index (κ1) is 18.9. The number of hydrogen-bond donors (Lipinski definition) is 2. The van der Waals surface area contributed by atoms with Gasteiger partial charge in [-0.1, -0.05) is 12.1 Å². The number of amides is 2. The van der Waals surface area contributed by atoms with Gasteiger partial charge in [0.25, 0.3) is 0 Å². The lowest BCUT2D eigenvalue weighted by Crippen LogP contribution is -2.45. The number of hydrogen-bond acceptors (Lipinski definition) is 5. The van der Waals surface area contributed by atoms with Crippen molar-refractivity contribution in [2.24, 2.45) is 5.73 Å². The number of nitrogens with two attached hydrogens (primary N) is 1. The molecule has 0 aromatic heterocycles. The third kappa shape index (κ3) is 5.90. The molecule has 1 rings (SSSR count). The Morgan fingerprint density at radius 2 is 2.00 bits per heavy atom. The molecule has 0 aliphatic rings. The number of carbonyl (C=O) groups excluding carboxylic acids is 2. The molecule has 1 aromatic rings. The van der Waals surface area contributed by atoms with E-state index >= 15 is 0 Å². The van der Waals surface area contributed by atoms with Gasteiger partial charge in [-0.3, -0.25) is 9.59 Å². The number of benzene rings is 1. The zero-order valence-corrected chi connectivity index (χ0v) is 14.8. The molecule has 0 fully saturated rings. The minimum absolute atomic E-state index is 0.00544. The van der Waals surface area contributed by atoms with Crippen LogP contribution in [0.25, 0.3) is 0 Å². The van der Waals surface area contributed by atoms with Crippen LogP contribution in [-0.2, 0) is 9.59 Å². The van der Waals surface area contributed by atoms with E-state index in [1.54, 1.807) is 30.6 Å². The number of likely N-dealkylation sites (N-methyl/N-ethyl adjacent to an activating group) is 1. The van der Waals surface area contributed by atoms with Crippen LogP contribution in [0.3, 0.4) is 0 Å². The fourth-order valence-corrected chi connectivity index (χ4v) is 2.93. The summed E-state index contributed by atoms with van der Waals surface area (Å²) in [6, 6.07) is 7.01. The van der Waals surface area contributed by atoms with E-state index in [9.17, 15) is 9.59 Å². The van der Waals surface area contributed by atoms with Crippen LogP contribution in [0.4, 0.5) is 5.69 Å². The maximum absolute atomic E-state index is 12.1. The molecule has 0 heterocycles. The summed E-state index contributed by atoms with van der Waals surface area (Å²) >= 11 is 3.21. The molecule has 0 aliphatic carbocycles. The standard InChI is InChI=1S/C15H23N3O2S2/c1-18(15(20)11(16)8-9-21-2)10-14(19)17-12-6-4-5-7-13(12)22-3/h4-7,11H,8-10,16H2,1-3H3,(H,17,19). The molecule has 1 unspecified atom stereocenters. The third-order valence-electron chi connectivity index (χ3n) is 3.09. The largest absolute Gasteiger partial charge is 0.335 e. The molecule has 0 saturated carbocycles. The van der Waals surface area contributed by atoms with Gasteiger partial charge in [-0.25, -0.2) is 0 Å². The molecular formula is C15H23N3O2S2. The van der Waals surface area contributed by atoms with Gasteiger partial charge in [0, 0.05) is 11.9 Å². The summed E-state index contributed by atoms with van der Waals surface area (Å²) in [4.78, 5) is 26.5. The van der Waals surface area contributed by atoms with Crippen molar-refractivity contribution in [2.45, 2.75) is 17.4 Å². The lowest BCUT2D eigenvalue weighted by Gasteiger charge is -2.21. The highest BCUT2D eigenvalue weighted by Crippen LogP contribution is 2.24. The number of nitrogens with one attached hydrogen (secondary N) is 1. The topological polar surface area (TPSA) is 75.4 Å². The number of nitrogens with zero attached hydrogens (tertiary/aromatic N) is 1. The number of carbonyl (C=O) groups is 2. The third-order valence-corrected chi connectivity index (χ3v) is 4.53. The lowest BCUT2D eigenvalue weighted by atomic mass is 10.2. The molecule has 0 bridgehead atoms. The first-order valence-electron chi connectivity index (χ1n) is 6.92. The van der Waals surface area contributed by atoms with Gasteiger partial charge in [0.15, 0.2) is 0 Å². The second-order valence-electron chi connectivity index (χ2n) is 4.83. The van der Waals surface area contributed by atoms with Crippen LogP contribution in [-0.4, -0.2) is 54.6 Å². The van der Waals surface area contributed by atoms with Gasteiger partial charge in [-0.05, 0) is 36.8 Å². The van der Waals surface area contributed by atoms with Crippen LogP contribution in [0, 0.1) is 0 Å². The van der Waals surface area contributed by atoms with E-state index in [4.69, 9.17) is 5.73 Å². The molecule has 22 heavy (non-hydrogen) atoms. The van der Waals surface area contributed by atoms with Gasteiger partial charge in [0.1, 0.15) is 0 Å². The van der Waals surface area contributed by atoms with Crippen molar-refractivity contribution in [1.29, 1.82) is 0 Å². The minimum atomic E-state index is -0.552. The van der Waals surface area contributed by atoms with Crippen LogP contribution >= 0.6 is 23.5 Å². The Kier molecular flexibility index (Phi) is 8.37. The fraction of sp³-hybridized carbons (Fsp3) is 0.467. The van der Waals surface area contributed by atoms with E-state index in [-0.39, 0.29) is 18.4 Å². The van der Waals surface area contributed by atoms with E-state index in [1.165, 1.54) is 4.90 Å². The van der Waals surface area contributed by atoms with Crippen molar-refractivity contribution < 1.29 is 9.59 Å². The van der Waals surface area contributed by atoms with Crippen LogP contribution < -0.4 is 11.1 Å². The number of rotatable bonds is 8. The first-order chi connectivity index (χ1) is 10.5. The molecule has 1 atom stereocenters. The zero-order valence-electron chi connectivity index (χ0n) is 13.2. The summed E-state index contributed by atoms with van der Waals surface area (Å²) in [5.74, 6) is 0.394. The normalized spacial score (nSPS) is 11.8. The van der Waals surface area contributed by atoms with E-state index < -0.39 is 6.04 Å². The maximum atomic E-state index is 12.1. The number of para-hydroxylation sites is 1. The lowest BCUT2D eigenvalue weighted by molar-refractivity contribution is -0.134. The second kappa shape index (κ2) is 9.76. The average molecular weight is 342 g/mol. The van der Waals surface area contributed by atoms with E-state index in [1.807, 2.05) is 36.8 Å². The highest BCUT2D eigenvalue weighted by molar-refractivity contribution is 7.98. The quantitative estimate of drug-likeness (QED) is 0.706. The van der Waals surface area contributed by atoms with Crippen molar-refractivity contribution in [3.05, 3.63) is 24.3 Å². The van der Waals surface area contributed by atoms with Gasteiger partial charge in [0.2, 0.25) is 11.8 Å². The summed E-state index contributed by atoms with van der Waals surface area (Å²) in [5, 5.41) is 2.83. The summed E-state index contributed by atoms with van der Waals surface area (Å²) in [5.41, 5.74) is 6.60. The number of anilines is 1. The Morgan fingerprint density at radius 1 is 1.32 bits per heavy atom. The molecule has 2 amide bonds. The smallest absolute Gasteiger partial charge is 0.244 e. The fourth-order valence-electron chi connectivity index (χ4n) is 1.88. The Hall–Kier alpha value is -1.18. The van der Waals surface area contributed by atoms with Gasteiger partial charge < -0.3 is 16.0 Å². The minimum Gasteiger partial charge on any atom is -0.335 e. The van der Waals surface area contributed by atoms with E-state index in [2.05, 4.69) is 5.32 Å². The summed E-state index contributed by atoms with van der Waals surface area (Å²) in [6.07, 6.45) is 4.53. The SMILES string of the molecule is CSCCC(N)C(=O)N(C)CC(=O)Nc1ccccc1SC. The summed E-state index contributed by atoms with van der Waals surface area (Å²) in [7, 11) is 1.60. The van der Waals surface area contributed by atoms with Gasteiger partial charge in [-0.15, -0.1) is 11.8 Å². The van der Waals surface area contributed by atoms with E-state index in [0.717, 1.165) is 16.3 Å². The molecule has 5 nitrogen and oxygen atoms in total. The van der Waals surface area contributed by atoms with Crippen LogP contribution in [0.2, 0.25) is 0 Å². The monoisotopic (exact) mass is 341 g/mol. The maximum Gasteiger partial charge on any atom is 0.244 e. The molecule has 0 aliphatic heterocycles. The number of thioether (sulfide) groups is 2. The highest BCUT2D eigenvalue weighted by Gasteiger charge is 2.19. The Morgan fingerprint density at radius 3 is 2.64 bits per heavy atom. The molecule has 122 valence electrons. The molecule has 1 aromatic carbocycles. The van der Waals surface area contributed by atoms with Gasteiger partial charge >= 0.3 is 0 Å². The molecule has 0 spiro atoms. The van der Waals surface area contributed by atoms with Gasteiger partial charge in [-0.2, -0.15) is 11.8 Å². The zero-order chi connectivity index (χ0) is 16.5.